The molecule has 0 spiro atoms. The van der Waals surface area contributed by atoms with Gasteiger partial charge in [0.25, 0.3) is 5.91 Å². The normalized spacial score (nSPS) is 10.7. The molecule has 0 atom stereocenters. The van der Waals surface area contributed by atoms with Gasteiger partial charge in [-0.2, -0.15) is 0 Å². The predicted molar refractivity (Wildman–Crippen MR) is 118 cm³/mol. The summed E-state index contributed by atoms with van der Waals surface area (Å²) in [5.74, 6) is 0.382. The molecule has 1 aromatic heterocycles. The van der Waals surface area contributed by atoms with Crippen LogP contribution in [0.5, 0.6) is 0 Å². The van der Waals surface area contributed by atoms with Gasteiger partial charge in [-0.3, -0.25) is 4.79 Å². The molecule has 1 amide bonds. The summed E-state index contributed by atoms with van der Waals surface area (Å²) in [6.45, 7) is 4.05. The number of amides is 1. The van der Waals surface area contributed by atoms with Crippen molar-refractivity contribution in [2.45, 2.75) is 13.8 Å². The van der Waals surface area contributed by atoms with E-state index in [1.54, 1.807) is 4.68 Å². The van der Waals surface area contributed by atoms with E-state index < -0.39 is 0 Å². The lowest BCUT2D eigenvalue weighted by Crippen LogP contribution is -2.14. The Balaban J connectivity index is 1.79. The predicted octanol–water partition coefficient (Wildman–Crippen LogP) is 5.57. The Morgan fingerprint density at radius 3 is 2.52 bits per heavy atom. The van der Waals surface area contributed by atoms with Gasteiger partial charge in [-0.1, -0.05) is 64.5 Å². The van der Waals surface area contributed by atoms with E-state index >= 15 is 0 Å². The Morgan fingerprint density at radius 2 is 1.76 bits per heavy atom. The number of nitrogens with one attached hydrogen (secondary N) is 1. The molecule has 0 aliphatic heterocycles. The summed E-state index contributed by atoms with van der Waals surface area (Å²) in [5, 5.41) is 7.42. The first kappa shape index (κ1) is 19.1. The van der Waals surface area contributed by atoms with E-state index in [9.17, 15) is 4.79 Å². The summed E-state index contributed by atoms with van der Waals surface area (Å²) >= 11 is 3.41. The van der Waals surface area contributed by atoms with E-state index in [4.69, 9.17) is 0 Å². The fraction of sp³-hybridized carbons (Fsp3) is 0.0870. The van der Waals surface area contributed by atoms with Gasteiger partial charge in [-0.15, -0.1) is 5.10 Å². The van der Waals surface area contributed by atoms with Gasteiger partial charge in [0.1, 0.15) is 0 Å². The average Bonchev–Trinajstić information content (AvgIpc) is 3.16. The molecule has 0 saturated carbocycles. The van der Waals surface area contributed by atoms with Gasteiger partial charge in [0.15, 0.2) is 5.82 Å². The minimum absolute atomic E-state index is 0.115. The summed E-state index contributed by atoms with van der Waals surface area (Å²) in [6, 6.07) is 23.3. The zero-order valence-electron chi connectivity index (χ0n) is 16.1. The lowest BCUT2D eigenvalue weighted by molar-refractivity contribution is 0.101. The van der Waals surface area contributed by atoms with Gasteiger partial charge in [-0.25, -0.2) is 9.67 Å². The highest BCUT2D eigenvalue weighted by Crippen LogP contribution is 2.24. The number of hydrogen-bond acceptors (Lipinski definition) is 3. The highest BCUT2D eigenvalue weighted by atomic mass is 79.9. The third-order valence-electron chi connectivity index (χ3n) is 4.52. The average molecular weight is 447 g/mol. The number of carbonyl (C=O) groups is 1. The molecule has 0 aliphatic rings. The molecule has 6 heteroatoms. The zero-order chi connectivity index (χ0) is 20.4. The van der Waals surface area contributed by atoms with Crippen molar-refractivity contribution in [3.05, 3.63) is 94.2 Å². The summed E-state index contributed by atoms with van der Waals surface area (Å²) in [4.78, 5) is 17.4. The maximum atomic E-state index is 12.8. The lowest BCUT2D eigenvalue weighted by atomic mass is 10.1. The number of carbonyl (C=O) groups excluding carboxylic acids is 1. The molecular weight excluding hydrogens is 428 g/mol. The van der Waals surface area contributed by atoms with Crippen molar-refractivity contribution >= 4 is 27.5 Å². The van der Waals surface area contributed by atoms with E-state index in [-0.39, 0.29) is 11.7 Å². The highest BCUT2D eigenvalue weighted by Gasteiger charge is 2.20. The maximum absolute atomic E-state index is 12.8. The quantitative estimate of drug-likeness (QED) is 0.445. The van der Waals surface area contributed by atoms with Crippen LogP contribution in [0.15, 0.2) is 77.3 Å². The number of aromatic nitrogens is 3. The molecule has 3 aromatic carbocycles. The fourth-order valence-electron chi connectivity index (χ4n) is 3.05. The largest absolute Gasteiger partial charge is 0.319 e. The Morgan fingerprint density at radius 1 is 0.966 bits per heavy atom. The van der Waals surface area contributed by atoms with Crippen molar-refractivity contribution in [3.8, 4) is 17.1 Å². The second-order valence-electron chi connectivity index (χ2n) is 6.79. The van der Waals surface area contributed by atoms with Crippen molar-refractivity contribution < 1.29 is 4.79 Å². The number of nitrogens with zero attached hydrogens (tertiary/aromatic N) is 3. The Hall–Kier alpha value is -3.25. The van der Waals surface area contributed by atoms with Gasteiger partial charge in [-0.05, 0) is 49.2 Å². The third kappa shape index (κ3) is 4.12. The summed E-state index contributed by atoms with van der Waals surface area (Å²) in [5.41, 5.74) is 4.63. The van der Waals surface area contributed by atoms with E-state index in [1.807, 2.05) is 80.6 Å². The standard InChI is InChI=1S/C23H19BrN4O/c1-15-11-12-16(2)20(13-15)28-22(17-7-4-3-5-8-17)26-21(27-28)23(29)25-19-10-6-9-18(24)14-19/h3-14H,1-2H3,(H,25,29). The van der Waals surface area contributed by atoms with Gasteiger partial charge >= 0.3 is 0 Å². The Bertz CT molecular complexity index is 1180. The molecule has 0 unspecified atom stereocenters. The fourth-order valence-corrected chi connectivity index (χ4v) is 3.45. The van der Waals surface area contributed by atoms with Gasteiger partial charge in [0, 0.05) is 15.7 Å². The van der Waals surface area contributed by atoms with Crippen LogP contribution in [0.2, 0.25) is 0 Å². The monoisotopic (exact) mass is 446 g/mol. The van der Waals surface area contributed by atoms with E-state index in [1.165, 1.54) is 0 Å². The zero-order valence-corrected chi connectivity index (χ0v) is 17.6. The molecule has 0 saturated heterocycles. The molecule has 1 heterocycles. The first-order chi connectivity index (χ1) is 14.0. The topological polar surface area (TPSA) is 59.8 Å². The van der Waals surface area contributed by atoms with E-state index in [0.29, 0.717) is 11.5 Å². The number of halogens is 1. The first-order valence-corrected chi connectivity index (χ1v) is 9.97. The Labute approximate surface area is 177 Å². The molecule has 4 aromatic rings. The second-order valence-corrected chi connectivity index (χ2v) is 7.71. The second kappa shape index (κ2) is 8.01. The van der Waals surface area contributed by atoms with Crippen LogP contribution in [0.1, 0.15) is 21.7 Å². The maximum Gasteiger partial charge on any atom is 0.295 e. The summed E-state index contributed by atoms with van der Waals surface area (Å²) < 4.78 is 2.63. The van der Waals surface area contributed by atoms with Crippen molar-refractivity contribution in [1.82, 2.24) is 14.8 Å². The summed E-state index contributed by atoms with van der Waals surface area (Å²) in [6.07, 6.45) is 0. The van der Waals surface area contributed by atoms with Crippen LogP contribution in [-0.4, -0.2) is 20.7 Å². The van der Waals surface area contributed by atoms with Crippen LogP contribution < -0.4 is 5.32 Å². The smallest absolute Gasteiger partial charge is 0.295 e. The minimum Gasteiger partial charge on any atom is -0.319 e. The number of benzene rings is 3. The number of anilines is 1. The molecule has 144 valence electrons. The highest BCUT2D eigenvalue weighted by molar-refractivity contribution is 9.10. The molecule has 0 fully saturated rings. The van der Waals surface area contributed by atoms with Crippen molar-refractivity contribution in [2.75, 3.05) is 5.32 Å². The van der Waals surface area contributed by atoms with Crippen LogP contribution in [0.3, 0.4) is 0 Å². The molecule has 1 N–H and O–H groups in total. The molecule has 0 radical (unpaired) electrons. The van der Waals surface area contributed by atoms with Crippen LogP contribution >= 0.6 is 15.9 Å². The molecule has 0 aliphatic carbocycles. The molecule has 29 heavy (non-hydrogen) atoms. The van der Waals surface area contributed by atoms with Gasteiger partial charge in [0.05, 0.1) is 5.69 Å². The van der Waals surface area contributed by atoms with Gasteiger partial charge < -0.3 is 5.32 Å². The summed E-state index contributed by atoms with van der Waals surface area (Å²) in [7, 11) is 0. The molecule has 5 nitrogen and oxygen atoms in total. The van der Waals surface area contributed by atoms with Crippen LogP contribution in [-0.2, 0) is 0 Å². The van der Waals surface area contributed by atoms with E-state index in [2.05, 4.69) is 37.4 Å². The van der Waals surface area contributed by atoms with Crippen molar-refractivity contribution in [3.63, 3.8) is 0 Å². The molecule has 4 rings (SSSR count). The van der Waals surface area contributed by atoms with E-state index in [0.717, 1.165) is 26.9 Å². The van der Waals surface area contributed by atoms with Crippen LogP contribution in [0.4, 0.5) is 5.69 Å². The number of rotatable bonds is 4. The lowest BCUT2D eigenvalue weighted by Gasteiger charge is -2.10. The van der Waals surface area contributed by atoms with Crippen LogP contribution in [0.25, 0.3) is 17.1 Å². The first-order valence-electron chi connectivity index (χ1n) is 9.18. The van der Waals surface area contributed by atoms with Crippen molar-refractivity contribution in [2.24, 2.45) is 0 Å². The molecular formula is C23H19BrN4O. The number of hydrogen-bond donors (Lipinski definition) is 1. The SMILES string of the molecule is Cc1ccc(C)c(-n2nc(C(=O)Nc3cccc(Br)c3)nc2-c2ccccc2)c1. The minimum atomic E-state index is -0.357. The van der Waals surface area contributed by atoms with Crippen molar-refractivity contribution in [1.29, 1.82) is 0 Å². The molecule has 0 bridgehead atoms. The third-order valence-corrected chi connectivity index (χ3v) is 5.01. The van der Waals surface area contributed by atoms with Gasteiger partial charge in [0.2, 0.25) is 5.82 Å². The Kier molecular flexibility index (Phi) is 5.27. The number of aryl methyl sites for hydroxylation is 2. The van der Waals surface area contributed by atoms with Crippen LogP contribution in [0, 0.1) is 13.8 Å².